The molecule has 1 aliphatic heterocycles. The Bertz CT molecular complexity index is 205. The van der Waals surface area contributed by atoms with Crippen LogP contribution in [-0.2, 0) is 14.2 Å². The fourth-order valence-electron chi connectivity index (χ4n) is 1.78. The van der Waals surface area contributed by atoms with Crippen LogP contribution in [0.25, 0.3) is 0 Å². The summed E-state index contributed by atoms with van der Waals surface area (Å²) in [4.78, 5) is 0. The number of ether oxygens (including phenoxy) is 3. The molecule has 3 N–H and O–H groups in total. The first kappa shape index (κ1) is 14.9. The maximum Gasteiger partial charge on any atom is 0.101 e. The van der Waals surface area contributed by atoms with Crippen LogP contribution in [0.15, 0.2) is 0 Å². The van der Waals surface area contributed by atoms with Gasteiger partial charge in [-0.05, 0) is 13.8 Å². The molecule has 0 aromatic carbocycles. The number of aliphatic hydroxyl groups is 1. The monoisotopic (exact) mass is 247 g/mol. The summed E-state index contributed by atoms with van der Waals surface area (Å²) in [5.41, 5.74) is 5.43. The van der Waals surface area contributed by atoms with E-state index in [2.05, 4.69) is 0 Å². The van der Waals surface area contributed by atoms with Gasteiger partial charge in [0.2, 0.25) is 0 Å². The van der Waals surface area contributed by atoms with Gasteiger partial charge in [-0.25, -0.2) is 0 Å². The topological polar surface area (TPSA) is 73.9 Å². The van der Waals surface area contributed by atoms with Gasteiger partial charge >= 0.3 is 0 Å². The van der Waals surface area contributed by atoms with E-state index >= 15 is 0 Å². The first-order chi connectivity index (χ1) is 8.08. The lowest BCUT2D eigenvalue weighted by Crippen LogP contribution is -2.47. The molecule has 5 nitrogen and oxygen atoms in total. The standard InChI is InChI=1S/C12H25NO4/c1-10(2)16-7-11(14)8-17-12(9-13)3-5-15-6-4-12/h10-11,14H,3-9,13H2,1-2H3. The lowest BCUT2D eigenvalue weighted by Gasteiger charge is -2.36. The zero-order valence-electron chi connectivity index (χ0n) is 10.9. The van der Waals surface area contributed by atoms with Crippen LogP contribution in [0.4, 0.5) is 0 Å². The molecule has 1 fully saturated rings. The summed E-state index contributed by atoms with van der Waals surface area (Å²) in [6, 6.07) is 0. The average Bonchev–Trinajstić information content (AvgIpc) is 2.35. The van der Waals surface area contributed by atoms with Gasteiger partial charge in [-0.1, -0.05) is 0 Å². The van der Waals surface area contributed by atoms with Crippen LogP contribution < -0.4 is 5.73 Å². The Balaban J connectivity index is 2.26. The molecule has 0 aliphatic carbocycles. The molecule has 102 valence electrons. The van der Waals surface area contributed by atoms with E-state index in [1.54, 1.807) is 0 Å². The Kier molecular flexibility index (Phi) is 6.37. The minimum atomic E-state index is -0.594. The number of aliphatic hydroxyl groups excluding tert-OH is 1. The number of hydrogen-bond donors (Lipinski definition) is 2. The van der Waals surface area contributed by atoms with Crippen LogP contribution in [0.5, 0.6) is 0 Å². The van der Waals surface area contributed by atoms with E-state index in [1.807, 2.05) is 13.8 Å². The van der Waals surface area contributed by atoms with Crippen LogP contribution in [-0.4, -0.2) is 55.9 Å². The predicted octanol–water partition coefficient (Wildman–Crippen LogP) is 0.297. The van der Waals surface area contributed by atoms with Gasteiger partial charge in [0, 0.05) is 32.6 Å². The second kappa shape index (κ2) is 7.28. The lowest BCUT2D eigenvalue weighted by atomic mass is 9.94. The van der Waals surface area contributed by atoms with Crippen molar-refractivity contribution in [2.75, 3.05) is 33.0 Å². The Morgan fingerprint density at radius 2 is 1.94 bits per heavy atom. The van der Waals surface area contributed by atoms with Gasteiger partial charge in [0.25, 0.3) is 0 Å². The third kappa shape index (κ3) is 5.31. The van der Waals surface area contributed by atoms with Crippen LogP contribution in [0.3, 0.4) is 0 Å². The van der Waals surface area contributed by atoms with Crippen molar-refractivity contribution in [1.29, 1.82) is 0 Å². The predicted molar refractivity (Wildman–Crippen MR) is 64.9 cm³/mol. The maximum atomic E-state index is 9.72. The number of hydrogen-bond acceptors (Lipinski definition) is 5. The molecule has 0 spiro atoms. The minimum Gasteiger partial charge on any atom is -0.388 e. The van der Waals surface area contributed by atoms with Crippen molar-refractivity contribution in [3.05, 3.63) is 0 Å². The van der Waals surface area contributed by atoms with Crippen LogP contribution >= 0.6 is 0 Å². The van der Waals surface area contributed by atoms with Crippen molar-refractivity contribution in [3.63, 3.8) is 0 Å². The van der Waals surface area contributed by atoms with Crippen molar-refractivity contribution in [2.45, 2.75) is 44.5 Å². The minimum absolute atomic E-state index is 0.121. The van der Waals surface area contributed by atoms with Gasteiger partial charge in [0.05, 0.1) is 24.9 Å². The highest BCUT2D eigenvalue weighted by Gasteiger charge is 2.32. The molecule has 1 heterocycles. The van der Waals surface area contributed by atoms with Gasteiger partial charge in [-0.15, -0.1) is 0 Å². The van der Waals surface area contributed by atoms with Gasteiger partial charge in [-0.2, -0.15) is 0 Å². The van der Waals surface area contributed by atoms with E-state index in [1.165, 1.54) is 0 Å². The molecule has 1 rings (SSSR count). The maximum absolute atomic E-state index is 9.72. The zero-order valence-corrected chi connectivity index (χ0v) is 10.9. The van der Waals surface area contributed by atoms with Crippen LogP contribution in [0, 0.1) is 0 Å². The summed E-state index contributed by atoms with van der Waals surface area (Å²) in [5, 5.41) is 9.72. The summed E-state index contributed by atoms with van der Waals surface area (Å²) in [5.74, 6) is 0. The Labute approximate surface area is 103 Å². The molecule has 0 radical (unpaired) electrons. The van der Waals surface area contributed by atoms with Gasteiger partial charge < -0.3 is 25.1 Å². The molecule has 17 heavy (non-hydrogen) atoms. The summed E-state index contributed by atoms with van der Waals surface area (Å²) in [6.45, 7) is 6.26. The van der Waals surface area contributed by atoms with E-state index in [-0.39, 0.29) is 18.3 Å². The second-order valence-electron chi connectivity index (χ2n) is 4.85. The molecule has 1 unspecified atom stereocenters. The first-order valence-electron chi connectivity index (χ1n) is 6.29. The van der Waals surface area contributed by atoms with Gasteiger partial charge in [-0.3, -0.25) is 0 Å². The van der Waals surface area contributed by atoms with E-state index in [4.69, 9.17) is 19.9 Å². The van der Waals surface area contributed by atoms with Gasteiger partial charge in [0.1, 0.15) is 6.10 Å². The van der Waals surface area contributed by atoms with Crippen LogP contribution in [0.2, 0.25) is 0 Å². The summed E-state index contributed by atoms with van der Waals surface area (Å²) >= 11 is 0. The molecule has 0 aromatic rings. The zero-order chi connectivity index (χ0) is 12.7. The highest BCUT2D eigenvalue weighted by Crippen LogP contribution is 2.24. The molecular formula is C12H25NO4. The summed E-state index contributed by atoms with van der Waals surface area (Å²) < 4.78 is 16.4. The number of rotatable bonds is 7. The molecule has 1 aliphatic rings. The van der Waals surface area contributed by atoms with E-state index in [0.29, 0.717) is 26.4 Å². The fraction of sp³-hybridized carbons (Fsp3) is 1.00. The van der Waals surface area contributed by atoms with Crippen molar-refractivity contribution >= 4 is 0 Å². The van der Waals surface area contributed by atoms with Crippen LogP contribution in [0.1, 0.15) is 26.7 Å². The van der Waals surface area contributed by atoms with Crippen molar-refractivity contribution in [3.8, 4) is 0 Å². The quantitative estimate of drug-likeness (QED) is 0.676. The van der Waals surface area contributed by atoms with Crippen molar-refractivity contribution in [1.82, 2.24) is 0 Å². The normalized spacial score (nSPS) is 21.7. The smallest absolute Gasteiger partial charge is 0.101 e. The molecule has 0 aromatic heterocycles. The second-order valence-corrected chi connectivity index (χ2v) is 4.85. The molecular weight excluding hydrogens is 222 g/mol. The Hall–Kier alpha value is -0.200. The highest BCUT2D eigenvalue weighted by atomic mass is 16.5. The molecule has 0 bridgehead atoms. The molecule has 0 amide bonds. The molecule has 1 saturated heterocycles. The molecule has 0 saturated carbocycles. The summed E-state index contributed by atoms with van der Waals surface area (Å²) in [7, 11) is 0. The Morgan fingerprint density at radius 3 is 2.47 bits per heavy atom. The fourth-order valence-corrected chi connectivity index (χ4v) is 1.78. The van der Waals surface area contributed by atoms with Gasteiger partial charge in [0.15, 0.2) is 0 Å². The number of nitrogens with two attached hydrogens (primary N) is 1. The lowest BCUT2D eigenvalue weighted by molar-refractivity contribution is -0.134. The van der Waals surface area contributed by atoms with E-state index in [9.17, 15) is 5.11 Å². The summed E-state index contributed by atoms with van der Waals surface area (Å²) in [6.07, 6.45) is 1.11. The third-order valence-electron chi connectivity index (χ3n) is 2.98. The first-order valence-corrected chi connectivity index (χ1v) is 6.29. The SMILES string of the molecule is CC(C)OCC(O)COC1(CN)CCOCC1. The van der Waals surface area contributed by atoms with E-state index < -0.39 is 6.10 Å². The molecule has 1 atom stereocenters. The third-order valence-corrected chi connectivity index (χ3v) is 2.98. The average molecular weight is 247 g/mol. The highest BCUT2D eigenvalue weighted by molar-refractivity contribution is 4.84. The van der Waals surface area contributed by atoms with Crippen molar-refractivity contribution in [2.24, 2.45) is 5.73 Å². The van der Waals surface area contributed by atoms with Crippen molar-refractivity contribution < 1.29 is 19.3 Å². The Morgan fingerprint density at radius 1 is 1.29 bits per heavy atom. The molecule has 5 heteroatoms. The van der Waals surface area contributed by atoms with E-state index in [0.717, 1.165) is 12.8 Å². The largest absolute Gasteiger partial charge is 0.388 e.